The van der Waals surface area contributed by atoms with Crippen molar-refractivity contribution in [2.75, 3.05) is 11.9 Å². The number of carbonyl (C=O) groups excluding carboxylic acids is 2. The Morgan fingerprint density at radius 3 is 2.48 bits per heavy atom. The second-order valence-electron chi connectivity index (χ2n) is 6.09. The molecule has 0 saturated heterocycles. The first-order valence-electron chi connectivity index (χ1n) is 8.41. The number of amides is 2. The Kier molecular flexibility index (Phi) is 5.23. The maximum Gasteiger partial charge on any atom is 0.243 e. The van der Waals surface area contributed by atoms with Gasteiger partial charge >= 0.3 is 0 Å². The van der Waals surface area contributed by atoms with Crippen LogP contribution in [0.2, 0.25) is 0 Å². The lowest BCUT2D eigenvalue weighted by Gasteiger charge is -2.11. The van der Waals surface area contributed by atoms with Crippen molar-refractivity contribution in [2.45, 2.75) is 26.2 Å². The van der Waals surface area contributed by atoms with E-state index in [9.17, 15) is 9.59 Å². The molecule has 0 spiro atoms. The first-order valence-corrected chi connectivity index (χ1v) is 8.41. The van der Waals surface area contributed by atoms with E-state index in [-0.39, 0.29) is 24.7 Å². The van der Waals surface area contributed by atoms with Crippen LogP contribution in [0.5, 0.6) is 0 Å². The van der Waals surface area contributed by atoms with E-state index in [0.717, 1.165) is 28.9 Å². The summed E-state index contributed by atoms with van der Waals surface area (Å²) in [6.07, 6.45) is 1.05. The summed E-state index contributed by atoms with van der Waals surface area (Å²) in [5.41, 5.74) is 3.83. The zero-order valence-electron chi connectivity index (χ0n) is 14.2. The summed E-state index contributed by atoms with van der Waals surface area (Å²) in [5.74, 6) is -0.284. The van der Waals surface area contributed by atoms with E-state index >= 15 is 0 Å². The summed E-state index contributed by atoms with van der Waals surface area (Å²) in [6.45, 7) is 2.56. The predicted octanol–water partition coefficient (Wildman–Crippen LogP) is 3.35. The number of hydrogen-bond donors (Lipinski definition) is 1. The molecule has 2 amide bonds. The number of nitrogens with zero attached hydrogens (tertiary/aromatic N) is 2. The van der Waals surface area contributed by atoms with E-state index in [1.807, 2.05) is 61.5 Å². The van der Waals surface area contributed by atoms with Gasteiger partial charge in [-0.3, -0.25) is 9.59 Å². The monoisotopic (exact) mass is 335 g/mol. The average molecular weight is 335 g/mol. The molecule has 0 aliphatic carbocycles. The van der Waals surface area contributed by atoms with Crippen LogP contribution in [0.1, 0.15) is 30.4 Å². The molecule has 128 valence electrons. The van der Waals surface area contributed by atoms with Crippen molar-refractivity contribution in [3.05, 3.63) is 65.7 Å². The highest BCUT2D eigenvalue weighted by molar-refractivity contribution is 6.02. The number of hydrogen-bond acceptors (Lipinski definition) is 3. The van der Waals surface area contributed by atoms with Gasteiger partial charge in [0.1, 0.15) is 0 Å². The summed E-state index contributed by atoms with van der Waals surface area (Å²) < 4.78 is 0. The van der Waals surface area contributed by atoms with Crippen LogP contribution in [0.3, 0.4) is 0 Å². The van der Waals surface area contributed by atoms with Gasteiger partial charge in [-0.15, -0.1) is 0 Å². The minimum Gasteiger partial charge on any atom is -0.326 e. The Morgan fingerprint density at radius 2 is 1.76 bits per heavy atom. The average Bonchev–Trinajstić information content (AvgIpc) is 3.13. The van der Waals surface area contributed by atoms with Crippen molar-refractivity contribution in [3.63, 3.8) is 0 Å². The summed E-state index contributed by atoms with van der Waals surface area (Å²) in [5, 5.41) is 8.68. The fourth-order valence-corrected chi connectivity index (χ4v) is 2.68. The number of nitrogens with one attached hydrogen (secondary N) is 1. The Labute approximate surface area is 147 Å². The van der Waals surface area contributed by atoms with Crippen LogP contribution in [0.15, 0.2) is 59.7 Å². The van der Waals surface area contributed by atoms with Crippen molar-refractivity contribution in [3.8, 4) is 0 Å². The van der Waals surface area contributed by atoms with Gasteiger partial charge in [-0.1, -0.05) is 48.0 Å². The summed E-state index contributed by atoms with van der Waals surface area (Å²) in [4.78, 5) is 24.2. The van der Waals surface area contributed by atoms with Crippen LogP contribution in [0, 0.1) is 6.92 Å². The van der Waals surface area contributed by atoms with Crippen molar-refractivity contribution in [1.82, 2.24) is 5.01 Å². The topological polar surface area (TPSA) is 61.8 Å². The molecule has 0 fully saturated rings. The van der Waals surface area contributed by atoms with Crippen molar-refractivity contribution in [1.29, 1.82) is 0 Å². The lowest BCUT2D eigenvalue weighted by atomic mass is 10.1. The molecule has 0 atom stereocenters. The van der Waals surface area contributed by atoms with Crippen LogP contribution >= 0.6 is 0 Å². The van der Waals surface area contributed by atoms with Gasteiger partial charge in [0.2, 0.25) is 11.8 Å². The lowest BCUT2D eigenvalue weighted by Crippen LogP contribution is -2.24. The van der Waals surface area contributed by atoms with Crippen LogP contribution in [-0.4, -0.2) is 29.1 Å². The Bertz CT molecular complexity index is 782. The molecule has 5 nitrogen and oxygen atoms in total. The molecule has 25 heavy (non-hydrogen) atoms. The third-order valence-electron chi connectivity index (χ3n) is 4.10. The predicted molar refractivity (Wildman–Crippen MR) is 98.4 cm³/mol. The highest BCUT2D eigenvalue weighted by Crippen LogP contribution is 2.15. The molecule has 0 radical (unpaired) electrons. The van der Waals surface area contributed by atoms with Gasteiger partial charge < -0.3 is 5.32 Å². The normalized spacial score (nSPS) is 13.5. The smallest absolute Gasteiger partial charge is 0.243 e. The van der Waals surface area contributed by atoms with Gasteiger partial charge in [0, 0.05) is 24.9 Å². The fourth-order valence-electron chi connectivity index (χ4n) is 2.68. The number of anilines is 1. The standard InChI is InChI=1S/C20H21N3O2/c1-15-7-9-17(10-8-15)21-19(24)11-12-20(25)23-14-13-18(22-23)16-5-3-2-4-6-16/h2-10H,11-14H2,1H3,(H,21,24). The molecule has 1 aliphatic heterocycles. The van der Waals surface area contributed by atoms with E-state index in [0.29, 0.717) is 6.54 Å². The van der Waals surface area contributed by atoms with Gasteiger partial charge in [0.15, 0.2) is 0 Å². The molecule has 2 aromatic carbocycles. The fraction of sp³-hybridized carbons (Fsp3) is 0.250. The molecular weight excluding hydrogens is 314 g/mol. The molecule has 3 rings (SSSR count). The first-order chi connectivity index (χ1) is 12.1. The van der Waals surface area contributed by atoms with E-state index in [1.165, 1.54) is 5.01 Å². The Balaban J connectivity index is 1.50. The minimum absolute atomic E-state index is 0.120. The van der Waals surface area contributed by atoms with Gasteiger partial charge in [-0.2, -0.15) is 5.10 Å². The van der Waals surface area contributed by atoms with E-state index < -0.39 is 0 Å². The molecule has 0 saturated carbocycles. The van der Waals surface area contributed by atoms with Crippen LogP contribution < -0.4 is 5.32 Å². The second kappa shape index (κ2) is 7.75. The summed E-state index contributed by atoms with van der Waals surface area (Å²) in [6, 6.07) is 17.4. The first kappa shape index (κ1) is 16.9. The number of carbonyl (C=O) groups is 2. The third kappa shape index (κ3) is 4.53. The number of rotatable bonds is 5. The quantitative estimate of drug-likeness (QED) is 0.911. The SMILES string of the molecule is Cc1ccc(NC(=O)CCC(=O)N2CCC(c3ccccc3)=N2)cc1. The zero-order chi connectivity index (χ0) is 17.6. The van der Waals surface area contributed by atoms with Gasteiger partial charge in [-0.05, 0) is 24.6 Å². The lowest BCUT2D eigenvalue weighted by molar-refractivity contribution is -0.132. The van der Waals surface area contributed by atoms with Crippen LogP contribution in [-0.2, 0) is 9.59 Å². The number of benzene rings is 2. The largest absolute Gasteiger partial charge is 0.326 e. The zero-order valence-corrected chi connectivity index (χ0v) is 14.2. The van der Waals surface area contributed by atoms with Gasteiger partial charge in [-0.25, -0.2) is 5.01 Å². The third-order valence-corrected chi connectivity index (χ3v) is 4.10. The number of aryl methyl sites for hydroxylation is 1. The molecular formula is C20H21N3O2. The van der Waals surface area contributed by atoms with Crippen molar-refractivity contribution >= 4 is 23.2 Å². The maximum atomic E-state index is 12.3. The molecule has 2 aromatic rings. The molecule has 0 bridgehead atoms. The Morgan fingerprint density at radius 1 is 1.04 bits per heavy atom. The minimum atomic E-state index is -0.163. The van der Waals surface area contributed by atoms with E-state index in [4.69, 9.17) is 0 Å². The van der Waals surface area contributed by atoms with E-state index in [2.05, 4.69) is 10.4 Å². The molecule has 5 heteroatoms. The van der Waals surface area contributed by atoms with E-state index in [1.54, 1.807) is 0 Å². The van der Waals surface area contributed by atoms with Crippen molar-refractivity contribution in [2.24, 2.45) is 5.10 Å². The highest BCUT2D eigenvalue weighted by atomic mass is 16.2. The summed E-state index contributed by atoms with van der Waals surface area (Å²) in [7, 11) is 0. The molecule has 1 N–H and O–H groups in total. The maximum absolute atomic E-state index is 12.3. The van der Waals surface area contributed by atoms with Crippen LogP contribution in [0.4, 0.5) is 5.69 Å². The summed E-state index contributed by atoms with van der Waals surface area (Å²) >= 11 is 0. The number of hydrazone groups is 1. The molecule has 1 aliphatic rings. The van der Waals surface area contributed by atoms with Gasteiger partial charge in [0.25, 0.3) is 0 Å². The molecule has 0 unspecified atom stereocenters. The molecule has 0 aromatic heterocycles. The van der Waals surface area contributed by atoms with Crippen molar-refractivity contribution < 1.29 is 9.59 Å². The van der Waals surface area contributed by atoms with Crippen LogP contribution in [0.25, 0.3) is 0 Å². The second-order valence-corrected chi connectivity index (χ2v) is 6.09. The Hall–Kier alpha value is -2.95. The van der Waals surface area contributed by atoms with Gasteiger partial charge in [0.05, 0.1) is 12.3 Å². The highest BCUT2D eigenvalue weighted by Gasteiger charge is 2.21. The molecule has 1 heterocycles.